The number of fused-ring (bicyclic) bond motifs is 1. The molecule has 1 aromatic heterocycles. The van der Waals surface area contributed by atoms with Crippen molar-refractivity contribution in [3.63, 3.8) is 0 Å². The number of esters is 1. The van der Waals surface area contributed by atoms with Crippen LogP contribution in [0.15, 0.2) is 30.3 Å². The fourth-order valence-electron chi connectivity index (χ4n) is 3.88. The Labute approximate surface area is 161 Å². The number of hydrazine groups is 1. The highest BCUT2D eigenvalue weighted by atomic mass is 32.1. The van der Waals surface area contributed by atoms with E-state index >= 15 is 0 Å². The third-order valence-corrected chi connectivity index (χ3v) is 6.19. The molecule has 1 saturated carbocycles. The van der Waals surface area contributed by atoms with Gasteiger partial charge < -0.3 is 10.1 Å². The van der Waals surface area contributed by atoms with Crippen molar-refractivity contribution in [2.24, 2.45) is 5.92 Å². The van der Waals surface area contributed by atoms with Crippen LogP contribution in [0.5, 0.6) is 0 Å². The van der Waals surface area contributed by atoms with Gasteiger partial charge in [0.25, 0.3) is 0 Å². The van der Waals surface area contributed by atoms with Crippen LogP contribution in [-0.2, 0) is 16.0 Å². The van der Waals surface area contributed by atoms with Crippen LogP contribution in [0.2, 0.25) is 0 Å². The molecule has 3 unspecified atom stereocenters. The number of aromatic nitrogens is 1. The van der Waals surface area contributed by atoms with Gasteiger partial charge in [0.2, 0.25) is 5.91 Å². The summed E-state index contributed by atoms with van der Waals surface area (Å²) in [5.74, 6) is -0.309. The molecule has 2 aliphatic rings. The van der Waals surface area contributed by atoms with Gasteiger partial charge in [-0.2, -0.15) is 0 Å². The molecule has 0 bridgehead atoms. The third kappa shape index (κ3) is 3.73. The SMILES string of the molecule is COC(=O)c1nc(NC(=O)C2NNC3CCCC32)sc1Cc1ccccc1. The summed E-state index contributed by atoms with van der Waals surface area (Å²) in [5.41, 5.74) is 7.64. The summed E-state index contributed by atoms with van der Waals surface area (Å²) < 4.78 is 4.86. The maximum atomic E-state index is 12.7. The number of anilines is 1. The van der Waals surface area contributed by atoms with Gasteiger partial charge in [-0.05, 0) is 18.4 Å². The van der Waals surface area contributed by atoms with Crippen LogP contribution in [0.4, 0.5) is 5.13 Å². The number of nitrogens with one attached hydrogen (secondary N) is 3. The minimum absolute atomic E-state index is 0.117. The molecule has 0 spiro atoms. The van der Waals surface area contributed by atoms with Crippen LogP contribution in [0.3, 0.4) is 0 Å². The van der Waals surface area contributed by atoms with E-state index in [0.29, 0.717) is 23.5 Å². The quantitative estimate of drug-likeness (QED) is 0.682. The third-order valence-electron chi connectivity index (χ3n) is 5.22. The number of benzene rings is 1. The molecule has 27 heavy (non-hydrogen) atoms. The summed E-state index contributed by atoms with van der Waals surface area (Å²) in [6.45, 7) is 0. The maximum absolute atomic E-state index is 12.7. The van der Waals surface area contributed by atoms with Crippen molar-refractivity contribution in [2.75, 3.05) is 12.4 Å². The van der Waals surface area contributed by atoms with E-state index in [2.05, 4.69) is 21.2 Å². The number of amides is 1. The second kappa shape index (κ2) is 7.75. The van der Waals surface area contributed by atoms with Crippen LogP contribution in [0.25, 0.3) is 0 Å². The number of methoxy groups -OCH3 is 1. The number of thiazole rings is 1. The zero-order chi connectivity index (χ0) is 18.8. The molecular formula is C19H22N4O3S. The average Bonchev–Trinajstić information content (AvgIpc) is 3.37. The van der Waals surface area contributed by atoms with Gasteiger partial charge in [0.15, 0.2) is 10.8 Å². The molecule has 8 heteroatoms. The van der Waals surface area contributed by atoms with Crippen LogP contribution in [0, 0.1) is 5.92 Å². The molecular weight excluding hydrogens is 364 g/mol. The van der Waals surface area contributed by atoms with Gasteiger partial charge in [-0.1, -0.05) is 36.8 Å². The molecule has 2 fully saturated rings. The summed E-state index contributed by atoms with van der Waals surface area (Å²) in [7, 11) is 1.33. The van der Waals surface area contributed by atoms with Gasteiger partial charge in [-0.25, -0.2) is 15.2 Å². The Morgan fingerprint density at radius 3 is 2.85 bits per heavy atom. The highest BCUT2D eigenvalue weighted by Gasteiger charge is 2.42. The summed E-state index contributed by atoms with van der Waals surface area (Å²) in [4.78, 5) is 29.9. The van der Waals surface area contributed by atoms with E-state index in [1.165, 1.54) is 18.4 Å². The Kier molecular flexibility index (Phi) is 5.20. The summed E-state index contributed by atoms with van der Waals surface area (Å²) >= 11 is 1.32. The first-order chi connectivity index (χ1) is 13.2. The van der Waals surface area contributed by atoms with Crippen LogP contribution < -0.4 is 16.2 Å². The van der Waals surface area contributed by atoms with Gasteiger partial charge in [0, 0.05) is 23.3 Å². The predicted molar refractivity (Wildman–Crippen MR) is 103 cm³/mol. The van der Waals surface area contributed by atoms with E-state index in [1.807, 2.05) is 30.3 Å². The lowest BCUT2D eigenvalue weighted by atomic mass is 9.97. The molecule has 3 atom stereocenters. The first-order valence-corrected chi connectivity index (χ1v) is 9.91. The van der Waals surface area contributed by atoms with Gasteiger partial charge in [0.1, 0.15) is 6.04 Å². The fourth-order valence-corrected chi connectivity index (χ4v) is 4.86. The predicted octanol–water partition coefficient (Wildman–Crippen LogP) is 2.10. The monoisotopic (exact) mass is 386 g/mol. The molecule has 1 aliphatic heterocycles. The molecule has 0 radical (unpaired) electrons. The average molecular weight is 386 g/mol. The van der Waals surface area contributed by atoms with Gasteiger partial charge in [-0.15, -0.1) is 11.3 Å². The number of ether oxygens (including phenoxy) is 1. The Balaban J connectivity index is 1.52. The van der Waals surface area contributed by atoms with Crippen molar-refractivity contribution in [1.82, 2.24) is 15.8 Å². The smallest absolute Gasteiger partial charge is 0.357 e. The van der Waals surface area contributed by atoms with Crippen molar-refractivity contribution >= 4 is 28.3 Å². The largest absolute Gasteiger partial charge is 0.464 e. The minimum Gasteiger partial charge on any atom is -0.464 e. The van der Waals surface area contributed by atoms with E-state index < -0.39 is 5.97 Å². The maximum Gasteiger partial charge on any atom is 0.357 e. The highest BCUT2D eigenvalue weighted by molar-refractivity contribution is 7.16. The van der Waals surface area contributed by atoms with Crippen LogP contribution in [0.1, 0.15) is 40.2 Å². The van der Waals surface area contributed by atoms with E-state index in [0.717, 1.165) is 29.7 Å². The lowest BCUT2D eigenvalue weighted by Crippen LogP contribution is -2.42. The number of carbonyl (C=O) groups is 2. The Hall–Kier alpha value is -2.29. The first-order valence-electron chi connectivity index (χ1n) is 9.09. The zero-order valence-electron chi connectivity index (χ0n) is 15.0. The molecule has 7 nitrogen and oxygen atoms in total. The summed E-state index contributed by atoms with van der Waals surface area (Å²) in [6, 6.07) is 9.92. The van der Waals surface area contributed by atoms with Crippen molar-refractivity contribution < 1.29 is 14.3 Å². The topological polar surface area (TPSA) is 92.3 Å². The normalized spacial score (nSPS) is 23.8. The molecule has 4 rings (SSSR count). The van der Waals surface area contributed by atoms with Gasteiger partial charge in [-0.3, -0.25) is 10.2 Å². The fraction of sp³-hybridized carbons (Fsp3) is 0.421. The number of rotatable bonds is 5. The number of nitrogens with zero attached hydrogens (tertiary/aromatic N) is 1. The van der Waals surface area contributed by atoms with Crippen LogP contribution in [-0.4, -0.2) is 36.1 Å². The van der Waals surface area contributed by atoms with E-state index in [1.54, 1.807) is 0 Å². The Bertz CT molecular complexity index is 839. The van der Waals surface area contributed by atoms with Crippen molar-refractivity contribution in [1.29, 1.82) is 0 Å². The molecule has 3 N–H and O–H groups in total. The van der Waals surface area contributed by atoms with Gasteiger partial charge in [0.05, 0.1) is 7.11 Å². The standard InChI is InChI=1S/C19H22N4O3S/c1-26-18(25)16-14(10-11-6-3-2-4-7-11)27-19(20-16)21-17(24)15-12-8-5-9-13(12)22-23-15/h2-4,6-7,12-13,15,22-23H,5,8-10H2,1H3,(H,20,21,24). The molecule has 2 aromatic rings. The number of carbonyl (C=O) groups excluding carboxylic acids is 2. The minimum atomic E-state index is -0.491. The lowest BCUT2D eigenvalue weighted by Gasteiger charge is -2.15. The molecule has 2 heterocycles. The van der Waals surface area contributed by atoms with Crippen molar-refractivity contribution in [3.05, 3.63) is 46.5 Å². The molecule has 1 aliphatic carbocycles. The van der Waals surface area contributed by atoms with Crippen molar-refractivity contribution in [2.45, 2.75) is 37.8 Å². The van der Waals surface area contributed by atoms with Gasteiger partial charge >= 0.3 is 5.97 Å². The van der Waals surface area contributed by atoms with E-state index in [-0.39, 0.29) is 17.6 Å². The summed E-state index contributed by atoms with van der Waals surface area (Å²) in [5, 5.41) is 3.31. The van der Waals surface area contributed by atoms with Crippen molar-refractivity contribution in [3.8, 4) is 0 Å². The first kappa shape index (κ1) is 18.1. The molecule has 1 aromatic carbocycles. The Morgan fingerprint density at radius 1 is 1.26 bits per heavy atom. The molecule has 142 valence electrons. The molecule has 1 amide bonds. The van der Waals surface area contributed by atoms with E-state index in [9.17, 15) is 9.59 Å². The van der Waals surface area contributed by atoms with Crippen LogP contribution >= 0.6 is 11.3 Å². The number of hydrogen-bond acceptors (Lipinski definition) is 7. The summed E-state index contributed by atoms with van der Waals surface area (Å²) in [6.07, 6.45) is 3.82. The zero-order valence-corrected chi connectivity index (χ0v) is 15.8. The number of hydrogen-bond donors (Lipinski definition) is 3. The highest BCUT2D eigenvalue weighted by Crippen LogP contribution is 2.32. The second-order valence-corrected chi connectivity index (χ2v) is 7.99. The molecule has 1 saturated heterocycles. The Morgan fingerprint density at radius 2 is 2.07 bits per heavy atom. The second-order valence-electron chi connectivity index (χ2n) is 6.90. The lowest BCUT2D eigenvalue weighted by molar-refractivity contribution is -0.118. The van der Waals surface area contributed by atoms with E-state index in [4.69, 9.17) is 4.74 Å².